The van der Waals surface area contributed by atoms with Gasteiger partial charge >= 0.3 is 0 Å². The molecule has 1 aromatic carbocycles. The molecule has 0 bridgehead atoms. The molecule has 1 saturated carbocycles. The summed E-state index contributed by atoms with van der Waals surface area (Å²) in [6.07, 6.45) is 2.60. The second-order valence-corrected chi connectivity index (χ2v) is 5.61. The van der Waals surface area contributed by atoms with E-state index in [-0.39, 0.29) is 36.3 Å². The summed E-state index contributed by atoms with van der Waals surface area (Å²) in [6, 6.07) is 5.77. The van der Waals surface area contributed by atoms with Crippen LogP contribution in [-0.2, 0) is 4.79 Å². The summed E-state index contributed by atoms with van der Waals surface area (Å²) in [7, 11) is 3.21. The van der Waals surface area contributed by atoms with Crippen LogP contribution in [0.5, 0.6) is 11.5 Å². The number of halogens is 1. The second-order valence-electron chi connectivity index (χ2n) is 5.61. The van der Waals surface area contributed by atoms with Crippen molar-refractivity contribution in [1.82, 2.24) is 5.32 Å². The zero-order valence-corrected chi connectivity index (χ0v) is 14.1. The normalized spacial score (nSPS) is 21.6. The van der Waals surface area contributed by atoms with Gasteiger partial charge in [0.15, 0.2) is 11.5 Å². The summed E-state index contributed by atoms with van der Waals surface area (Å²) >= 11 is 0. The average Bonchev–Trinajstić information content (AvgIpc) is 2.93. The third-order valence-electron chi connectivity index (χ3n) is 4.11. The van der Waals surface area contributed by atoms with Gasteiger partial charge in [-0.05, 0) is 43.9 Å². The van der Waals surface area contributed by atoms with E-state index in [0.717, 1.165) is 24.8 Å². The van der Waals surface area contributed by atoms with Crippen molar-refractivity contribution in [3.05, 3.63) is 23.8 Å². The van der Waals surface area contributed by atoms with Crippen LogP contribution in [0.3, 0.4) is 0 Å². The van der Waals surface area contributed by atoms with E-state index in [4.69, 9.17) is 15.2 Å². The Hall–Kier alpha value is -1.46. The monoisotopic (exact) mass is 328 g/mol. The SMILES string of the molecule is COc1ccc(C(C)NC(=O)C2CCC(N)C2)cc1OC.Cl. The number of methoxy groups -OCH3 is 2. The van der Waals surface area contributed by atoms with Crippen LogP contribution in [-0.4, -0.2) is 26.2 Å². The molecule has 6 heteroatoms. The van der Waals surface area contributed by atoms with Gasteiger partial charge in [-0.1, -0.05) is 6.07 Å². The van der Waals surface area contributed by atoms with Crippen LogP contribution in [0.15, 0.2) is 18.2 Å². The molecule has 5 nitrogen and oxygen atoms in total. The van der Waals surface area contributed by atoms with Gasteiger partial charge < -0.3 is 20.5 Å². The first-order chi connectivity index (χ1) is 10.0. The standard InChI is InChI=1S/C16H24N2O3.ClH/c1-10(18-16(19)12-4-6-13(17)8-12)11-5-7-14(20-2)15(9-11)21-3;/h5,7,9-10,12-13H,4,6,8,17H2,1-3H3,(H,18,19);1H. The van der Waals surface area contributed by atoms with Crippen LogP contribution < -0.4 is 20.5 Å². The molecular weight excluding hydrogens is 304 g/mol. The number of nitrogens with one attached hydrogen (secondary N) is 1. The van der Waals surface area contributed by atoms with E-state index in [1.54, 1.807) is 14.2 Å². The Kier molecular flexibility index (Phi) is 6.97. The quantitative estimate of drug-likeness (QED) is 0.870. The van der Waals surface area contributed by atoms with Gasteiger partial charge in [0.25, 0.3) is 0 Å². The van der Waals surface area contributed by atoms with Crippen LogP contribution in [0.4, 0.5) is 0 Å². The lowest BCUT2D eigenvalue weighted by Gasteiger charge is -2.19. The number of carbonyl (C=O) groups excluding carboxylic acids is 1. The van der Waals surface area contributed by atoms with Crippen molar-refractivity contribution in [3.63, 3.8) is 0 Å². The Morgan fingerprint density at radius 1 is 1.27 bits per heavy atom. The van der Waals surface area contributed by atoms with Crippen LogP contribution in [0.1, 0.15) is 37.8 Å². The predicted octanol–water partition coefficient (Wildman–Crippen LogP) is 2.43. The minimum atomic E-state index is -0.0749. The highest BCUT2D eigenvalue weighted by molar-refractivity contribution is 5.85. The van der Waals surface area contributed by atoms with Crippen molar-refractivity contribution in [2.24, 2.45) is 11.7 Å². The van der Waals surface area contributed by atoms with Gasteiger partial charge in [-0.25, -0.2) is 0 Å². The number of ether oxygens (including phenoxy) is 2. The minimum absolute atomic E-state index is 0. The van der Waals surface area contributed by atoms with Crippen molar-refractivity contribution >= 4 is 18.3 Å². The van der Waals surface area contributed by atoms with Crippen molar-refractivity contribution < 1.29 is 14.3 Å². The molecular formula is C16H25ClN2O3. The van der Waals surface area contributed by atoms with Crippen molar-refractivity contribution in [1.29, 1.82) is 0 Å². The summed E-state index contributed by atoms with van der Waals surface area (Å²) in [5.41, 5.74) is 6.85. The molecule has 1 aliphatic rings. The van der Waals surface area contributed by atoms with Gasteiger partial charge in [0.2, 0.25) is 5.91 Å². The Bertz CT molecular complexity index is 510. The van der Waals surface area contributed by atoms with Crippen molar-refractivity contribution in [2.45, 2.75) is 38.3 Å². The number of nitrogens with two attached hydrogens (primary N) is 1. The largest absolute Gasteiger partial charge is 0.493 e. The summed E-state index contributed by atoms with van der Waals surface area (Å²) in [4.78, 5) is 12.2. The smallest absolute Gasteiger partial charge is 0.223 e. The molecule has 3 N–H and O–H groups in total. The third-order valence-corrected chi connectivity index (χ3v) is 4.11. The number of amides is 1. The fraction of sp³-hybridized carbons (Fsp3) is 0.562. The fourth-order valence-electron chi connectivity index (χ4n) is 2.79. The molecule has 1 amide bonds. The molecule has 0 aromatic heterocycles. The summed E-state index contributed by atoms with van der Waals surface area (Å²) in [5.74, 6) is 1.48. The number of rotatable bonds is 5. The Labute approximate surface area is 138 Å². The van der Waals surface area contributed by atoms with Gasteiger partial charge in [0.1, 0.15) is 0 Å². The van der Waals surface area contributed by atoms with E-state index in [1.165, 1.54) is 0 Å². The highest BCUT2D eigenvalue weighted by Gasteiger charge is 2.28. The fourth-order valence-corrected chi connectivity index (χ4v) is 2.79. The molecule has 0 heterocycles. The average molecular weight is 329 g/mol. The maximum absolute atomic E-state index is 12.2. The van der Waals surface area contributed by atoms with Gasteiger partial charge in [0.05, 0.1) is 20.3 Å². The van der Waals surface area contributed by atoms with Gasteiger partial charge in [-0.3, -0.25) is 4.79 Å². The Morgan fingerprint density at radius 3 is 2.50 bits per heavy atom. The molecule has 3 unspecified atom stereocenters. The molecule has 0 aliphatic heterocycles. The molecule has 124 valence electrons. The summed E-state index contributed by atoms with van der Waals surface area (Å²) in [6.45, 7) is 1.97. The molecule has 1 aromatic rings. The van der Waals surface area contributed by atoms with Crippen LogP contribution in [0.2, 0.25) is 0 Å². The van der Waals surface area contributed by atoms with E-state index in [1.807, 2.05) is 25.1 Å². The predicted molar refractivity (Wildman–Crippen MR) is 88.7 cm³/mol. The lowest BCUT2D eigenvalue weighted by atomic mass is 10.0. The van der Waals surface area contributed by atoms with E-state index in [2.05, 4.69) is 5.32 Å². The number of hydrogen-bond acceptors (Lipinski definition) is 4. The van der Waals surface area contributed by atoms with E-state index in [0.29, 0.717) is 11.5 Å². The van der Waals surface area contributed by atoms with E-state index >= 15 is 0 Å². The number of benzene rings is 1. The van der Waals surface area contributed by atoms with Crippen LogP contribution in [0.25, 0.3) is 0 Å². The maximum atomic E-state index is 12.2. The Morgan fingerprint density at radius 2 is 1.95 bits per heavy atom. The summed E-state index contributed by atoms with van der Waals surface area (Å²) in [5, 5.41) is 3.06. The molecule has 3 atom stereocenters. The van der Waals surface area contributed by atoms with Gasteiger partial charge in [-0.2, -0.15) is 0 Å². The third kappa shape index (κ3) is 4.27. The lowest BCUT2D eigenvalue weighted by Crippen LogP contribution is -2.32. The molecule has 0 spiro atoms. The zero-order valence-electron chi connectivity index (χ0n) is 13.3. The van der Waals surface area contributed by atoms with Gasteiger partial charge in [-0.15, -0.1) is 12.4 Å². The number of carbonyl (C=O) groups is 1. The minimum Gasteiger partial charge on any atom is -0.493 e. The maximum Gasteiger partial charge on any atom is 0.223 e. The van der Waals surface area contributed by atoms with Crippen molar-refractivity contribution in [3.8, 4) is 11.5 Å². The first-order valence-corrected chi connectivity index (χ1v) is 7.33. The molecule has 1 fully saturated rings. The zero-order chi connectivity index (χ0) is 15.4. The number of hydrogen-bond donors (Lipinski definition) is 2. The Balaban J connectivity index is 0.00000242. The first kappa shape index (κ1) is 18.6. The van der Waals surface area contributed by atoms with Crippen molar-refractivity contribution in [2.75, 3.05) is 14.2 Å². The summed E-state index contributed by atoms with van der Waals surface area (Å²) < 4.78 is 10.5. The second kappa shape index (κ2) is 8.25. The molecule has 1 aliphatic carbocycles. The van der Waals surface area contributed by atoms with Crippen LogP contribution in [0, 0.1) is 5.92 Å². The molecule has 2 rings (SSSR count). The molecule has 0 radical (unpaired) electrons. The highest BCUT2D eigenvalue weighted by Crippen LogP contribution is 2.30. The topological polar surface area (TPSA) is 73.6 Å². The first-order valence-electron chi connectivity index (χ1n) is 7.33. The molecule has 22 heavy (non-hydrogen) atoms. The van der Waals surface area contributed by atoms with Crippen LogP contribution >= 0.6 is 12.4 Å². The molecule has 0 saturated heterocycles. The van der Waals surface area contributed by atoms with E-state index < -0.39 is 0 Å². The van der Waals surface area contributed by atoms with Gasteiger partial charge in [0, 0.05) is 12.0 Å². The highest BCUT2D eigenvalue weighted by atomic mass is 35.5. The van der Waals surface area contributed by atoms with E-state index in [9.17, 15) is 4.79 Å². The lowest BCUT2D eigenvalue weighted by molar-refractivity contribution is -0.125.